The number of hydrogen-bond donors (Lipinski definition) is 1. The van der Waals surface area contributed by atoms with Crippen LogP contribution in [0.3, 0.4) is 0 Å². The predicted molar refractivity (Wildman–Crippen MR) is 67.7 cm³/mol. The molecular weight excluding hydrogens is 261 g/mol. The van der Waals surface area contributed by atoms with Gasteiger partial charge in [0.05, 0.1) is 29.3 Å². The zero-order valence-electron chi connectivity index (χ0n) is 9.82. The Kier molecular flexibility index (Phi) is 4.03. The highest BCUT2D eigenvalue weighted by Gasteiger charge is 2.20. The fraction of sp³-hybridized carbons (Fsp3) is 0.333. The second-order valence-electron chi connectivity index (χ2n) is 4.12. The number of nitro groups is 2. The number of nitrogens with one attached hydrogen (secondary N) is 1. The maximum atomic E-state index is 11.5. The van der Waals surface area contributed by atoms with Gasteiger partial charge < -0.3 is 9.88 Å². The Balaban J connectivity index is 3.08. The number of hydrogen-bond acceptors (Lipinski definition) is 6. The van der Waals surface area contributed by atoms with Crippen LogP contribution in [0.4, 0.5) is 17.1 Å². The Morgan fingerprint density at radius 2 is 1.83 bits per heavy atom. The lowest BCUT2D eigenvalue weighted by Crippen LogP contribution is -2.04. The Morgan fingerprint density at radius 3 is 2.28 bits per heavy atom. The minimum atomic E-state index is -2.38. The molecule has 18 heavy (non-hydrogen) atoms. The summed E-state index contributed by atoms with van der Waals surface area (Å²) < 4.78 is 11.5. The molecular formula is C9H12N3O5P. The summed E-state index contributed by atoms with van der Waals surface area (Å²) in [6, 6.07) is 3.27. The summed E-state index contributed by atoms with van der Waals surface area (Å²) >= 11 is 0. The monoisotopic (exact) mass is 273 g/mol. The Bertz CT molecular complexity index is 539. The van der Waals surface area contributed by atoms with E-state index in [1.165, 1.54) is 19.4 Å². The molecule has 0 bridgehead atoms. The van der Waals surface area contributed by atoms with Gasteiger partial charge in [-0.3, -0.25) is 20.2 Å². The maximum Gasteiger partial charge on any atom is 0.299 e. The van der Waals surface area contributed by atoms with Crippen LogP contribution in [0.25, 0.3) is 0 Å². The number of nitrogens with zero attached hydrogens (tertiary/aromatic N) is 2. The summed E-state index contributed by atoms with van der Waals surface area (Å²) in [6.45, 7) is 3.08. The SMILES string of the molecule is CP(C)(=O)CNc1ccc([N+](=O)[O-])cc1[N+](=O)[O-]. The van der Waals surface area contributed by atoms with Crippen LogP contribution in [-0.2, 0) is 4.57 Å². The lowest BCUT2D eigenvalue weighted by atomic mass is 10.2. The molecule has 0 amide bonds. The van der Waals surface area contributed by atoms with Crippen molar-refractivity contribution in [2.75, 3.05) is 24.9 Å². The molecule has 98 valence electrons. The van der Waals surface area contributed by atoms with E-state index in [2.05, 4.69) is 5.32 Å². The van der Waals surface area contributed by atoms with Crippen molar-refractivity contribution in [3.05, 3.63) is 38.4 Å². The molecule has 1 N–H and O–H groups in total. The van der Waals surface area contributed by atoms with Crippen molar-refractivity contribution >= 4 is 24.2 Å². The van der Waals surface area contributed by atoms with E-state index in [1.54, 1.807) is 0 Å². The van der Waals surface area contributed by atoms with Gasteiger partial charge in [0.15, 0.2) is 0 Å². The molecule has 8 nitrogen and oxygen atoms in total. The fourth-order valence-electron chi connectivity index (χ4n) is 1.21. The van der Waals surface area contributed by atoms with Gasteiger partial charge in [0.2, 0.25) is 0 Å². The summed E-state index contributed by atoms with van der Waals surface area (Å²) in [5, 5.41) is 24.0. The van der Waals surface area contributed by atoms with Crippen LogP contribution in [0.2, 0.25) is 0 Å². The van der Waals surface area contributed by atoms with Gasteiger partial charge >= 0.3 is 0 Å². The largest absolute Gasteiger partial charge is 0.373 e. The summed E-state index contributed by atoms with van der Waals surface area (Å²) in [5.74, 6) is 0. The van der Waals surface area contributed by atoms with Crippen LogP contribution in [0.15, 0.2) is 18.2 Å². The van der Waals surface area contributed by atoms with Gasteiger partial charge in [-0.1, -0.05) is 0 Å². The Labute approximate surface area is 103 Å². The Morgan fingerprint density at radius 1 is 1.22 bits per heavy atom. The second-order valence-corrected chi connectivity index (χ2v) is 7.59. The lowest BCUT2D eigenvalue weighted by molar-refractivity contribution is -0.393. The van der Waals surface area contributed by atoms with Crippen molar-refractivity contribution in [1.29, 1.82) is 0 Å². The maximum absolute atomic E-state index is 11.5. The van der Waals surface area contributed by atoms with Crippen LogP contribution >= 0.6 is 7.14 Å². The molecule has 1 rings (SSSR count). The molecule has 0 unspecified atom stereocenters. The molecule has 0 saturated heterocycles. The molecule has 0 heterocycles. The molecule has 0 radical (unpaired) electrons. The van der Waals surface area contributed by atoms with Crippen molar-refractivity contribution in [2.24, 2.45) is 0 Å². The Hall–Kier alpha value is -1.95. The van der Waals surface area contributed by atoms with Gasteiger partial charge in [-0.2, -0.15) is 0 Å². The molecule has 0 saturated carbocycles. The second kappa shape index (κ2) is 5.14. The fourth-order valence-corrected chi connectivity index (χ4v) is 1.76. The smallest absolute Gasteiger partial charge is 0.299 e. The van der Waals surface area contributed by atoms with Gasteiger partial charge in [-0.05, 0) is 19.4 Å². The third-order valence-electron chi connectivity index (χ3n) is 2.04. The topological polar surface area (TPSA) is 115 Å². The van der Waals surface area contributed by atoms with Gasteiger partial charge in [0, 0.05) is 6.07 Å². The normalized spacial score (nSPS) is 11.0. The first-order chi connectivity index (χ1) is 8.20. The number of nitro benzene ring substituents is 2. The number of non-ortho nitro benzene ring substituents is 1. The van der Waals surface area contributed by atoms with Gasteiger partial charge in [0.1, 0.15) is 5.69 Å². The molecule has 0 atom stereocenters. The summed E-state index contributed by atoms with van der Waals surface area (Å²) in [7, 11) is -2.38. The first kappa shape index (κ1) is 14.1. The molecule has 0 aliphatic heterocycles. The first-order valence-corrected chi connectivity index (χ1v) is 7.70. The van der Waals surface area contributed by atoms with Crippen LogP contribution in [-0.4, -0.2) is 29.5 Å². The minimum absolute atomic E-state index is 0.0889. The first-order valence-electron chi connectivity index (χ1n) is 4.91. The highest BCUT2D eigenvalue weighted by molar-refractivity contribution is 7.62. The van der Waals surface area contributed by atoms with Crippen LogP contribution in [0, 0.1) is 20.2 Å². The van der Waals surface area contributed by atoms with E-state index < -0.39 is 22.7 Å². The molecule has 0 aliphatic carbocycles. The average Bonchev–Trinajstić information content (AvgIpc) is 2.24. The highest BCUT2D eigenvalue weighted by atomic mass is 31.2. The third kappa shape index (κ3) is 3.81. The van der Waals surface area contributed by atoms with Gasteiger partial charge in [-0.25, -0.2) is 0 Å². The highest BCUT2D eigenvalue weighted by Crippen LogP contribution is 2.37. The van der Waals surface area contributed by atoms with Gasteiger partial charge in [0.25, 0.3) is 11.4 Å². The van der Waals surface area contributed by atoms with E-state index in [0.717, 1.165) is 12.1 Å². The van der Waals surface area contributed by atoms with Gasteiger partial charge in [-0.15, -0.1) is 0 Å². The molecule has 0 fully saturated rings. The van der Waals surface area contributed by atoms with E-state index in [1.807, 2.05) is 0 Å². The number of benzene rings is 1. The minimum Gasteiger partial charge on any atom is -0.373 e. The molecule has 1 aromatic carbocycles. The standard InChI is InChI=1S/C9H12N3O5P/c1-18(2,17)6-10-8-4-3-7(11(13)14)5-9(8)12(15)16/h3-5,10H,6H2,1-2H3. The quantitative estimate of drug-likeness (QED) is 0.500. The number of rotatable bonds is 5. The summed E-state index contributed by atoms with van der Waals surface area (Å²) in [5.41, 5.74) is -0.643. The molecule has 9 heteroatoms. The van der Waals surface area contributed by atoms with E-state index in [9.17, 15) is 24.8 Å². The number of anilines is 1. The third-order valence-corrected chi connectivity index (χ3v) is 2.96. The van der Waals surface area contributed by atoms with Crippen molar-refractivity contribution in [1.82, 2.24) is 0 Å². The summed E-state index contributed by atoms with van der Waals surface area (Å²) in [4.78, 5) is 19.9. The van der Waals surface area contributed by atoms with Crippen LogP contribution < -0.4 is 5.32 Å². The van der Waals surface area contributed by atoms with E-state index in [0.29, 0.717) is 0 Å². The lowest BCUT2D eigenvalue weighted by Gasteiger charge is -2.09. The molecule has 0 spiro atoms. The van der Waals surface area contributed by atoms with Crippen molar-refractivity contribution in [2.45, 2.75) is 0 Å². The van der Waals surface area contributed by atoms with Crippen molar-refractivity contribution < 1.29 is 14.4 Å². The van der Waals surface area contributed by atoms with E-state index in [-0.39, 0.29) is 17.7 Å². The van der Waals surface area contributed by atoms with Crippen LogP contribution in [0.5, 0.6) is 0 Å². The summed E-state index contributed by atoms with van der Waals surface area (Å²) in [6.07, 6.45) is 0.0889. The van der Waals surface area contributed by atoms with Crippen molar-refractivity contribution in [3.8, 4) is 0 Å². The molecule has 1 aromatic rings. The zero-order valence-corrected chi connectivity index (χ0v) is 10.7. The van der Waals surface area contributed by atoms with E-state index in [4.69, 9.17) is 0 Å². The average molecular weight is 273 g/mol. The molecule has 0 aromatic heterocycles. The zero-order chi connectivity index (χ0) is 13.9. The van der Waals surface area contributed by atoms with Crippen molar-refractivity contribution in [3.63, 3.8) is 0 Å². The van der Waals surface area contributed by atoms with Crippen LogP contribution in [0.1, 0.15) is 0 Å². The van der Waals surface area contributed by atoms with E-state index >= 15 is 0 Å². The predicted octanol–water partition coefficient (Wildman–Crippen LogP) is 2.50. The molecule has 0 aliphatic rings.